The van der Waals surface area contributed by atoms with E-state index < -0.39 is 11.4 Å². The van der Waals surface area contributed by atoms with Crippen molar-refractivity contribution in [3.8, 4) is 0 Å². The van der Waals surface area contributed by atoms with Crippen LogP contribution in [-0.4, -0.2) is 29.1 Å². The van der Waals surface area contributed by atoms with Gasteiger partial charge in [0.25, 0.3) is 0 Å². The lowest BCUT2D eigenvalue weighted by atomic mass is 9.90. The van der Waals surface area contributed by atoms with E-state index in [1.54, 1.807) is 0 Å². The smallest absolute Gasteiger partial charge is 0.310 e. The van der Waals surface area contributed by atoms with Crippen molar-refractivity contribution in [2.45, 2.75) is 32.7 Å². The molecule has 4 heteroatoms. The Morgan fingerprint density at radius 1 is 1.47 bits per heavy atom. The molecule has 2 unspecified atom stereocenters. The molecule has 2 atom stereocenters. The van der Waals surface area contributed by atoms with E-state index in [1.807, 2.05) is 31.2 Å². The number of carboxylic acid groups (broad SMARTS) is 1. The number of carboxylic acids is 1. The van der Waals surface area contributed by atoms with Crippen LogP contribution < -0.4 is 0 Å². The summed E-state index contributed by atoms with van der Waals surface area (Å²) in [4.78, 5) is 13.6. The van der Waals surface area contributed by atoms with Gasteiger partial charge >= 0.3 is 5.97 Å². The highest BCUT2D eigenvalue weighted by molar-refractivity contribution is 6.30. The second-order valence-electron chi connectivity index (χ2n) is 5.56. The number of carbonyl (C=O) groups is 1. The second-order valence-corrected chi connectivity index (χ2v) is 6.00. The van der Waals surface area contributed by atoms with Gasteiger partial charge in [0.2, 0.25) is 0 Å². The van der Waals surface area contributed by atoms with Crippen LogP contribution in [0.25, 0.3) is 0 Å². The fraction of sp³-hybridized carbons (Fsp3) is 0.533. The Morgan fingerprint density at radius 2 is 2.11 bits per heavy atom. The van der Waals surface area contributed by atoms with Gasteiger partial charge in [-0.1, -0.05) is 30.7 Å². The zero-order chi connectivity index (χ0) is 14.0. The summed E-state index contributed by atoms with van der Waals surface area (Å²) in [6, 6.07) is 8.14. The Morgan fingerprint density at radius 3 is 2.58 bits per heavy atom. The SMILES string of the molecule is CCC(c1ccc(Cl)cc1)N1CCC(C)(C(=O)O)C1. The highest BCUT2D eigenvalue weighted by Gasteiger charge is 2.42. The summed E-state index contributed by atoms with van der Waals surface area (Å²) in [7, 11) is 0. The average molecular weight is 282 g/mol. The molecular weight excluding hydrogens is 262 g/mol. The highest BCUT2D eigenvalue weighted by atomic mass is 35.5. The molecule has 1 heterocycles. The Labute approximate surface area is 119 Å². The van der Waals surface area contributed by atoms with Crippen molar-refractivity contribution in [3.63, 3.8) is 0 Å². The summed E-state index contributed by atoms with van der Waals surface area (Å²) in [5.41, 5.74) is 0.598. The van der Waals surface area contributed by atoms with E-state index in [9.17, 15) is 9.90 Å². The molecule has 0 radical (unpaired) electrons. The molecule has 0 spiro atoms. The predicted octanol–water partition coefficient (Wildman–Crippen LogP) is 3.59. The molecule has 0 aromatic heterocycles. The molecule has 0 saturated carbocycles. The second kappa shape index (κ2) is 5.51. The normalized spacial score (nSPS) is 25.4. The van der Waals surface area contributed by atoms with Gasteiger partial charge in [-0.05, 0) is 44.0 Å². The Balaban J connectivity index is 2.16. The van der Waals surface area contributed by atoms with Crippen LogP contribution in [0.2, 0.25) is 5.02 Å². The lowest BCUT2D eigenvalue weighted by molar-refractivity contribution is -0.147. The number of hydrogen-bond donors (Lipinski definition) is 1. The van der Waals surface area contributed by atoms with Gasteiger partial charge in [0.15, 0.2) is 0 Å². The molecule has 1 fully saturated rings. The number of benzene rings is 1. The van der Waals surface area contributed by atoms with Gasteiger partial charge in [0.05, 0.1) is 5.41 Å². The number of hydrogen-bond acceptors (Lipinski definition) is 2. The van der Waals surface area contributed by atoms with Crippen molar-refractivity contribution >= 4 is 17.6 Å². The third kappa shape index (κ3) is 2.93. The summed E-state index contributed by atoms with van der Waals surface area (Å²) in [6.07, 6.45) is 1.68. The fourth-order valence-corrected chi connectivity index (χ4v) is 2.95. The van der Waals surface area contributed by atoms with Crippen LogP contribution in [-0.2, 0) is 4.79 Å². The van der Waals surface area contributed by atoms with E-state index in [0.717, 1.165) is 18.0 Å². The molecule has 2 rings (SSSR count). The number of rotatable bonds is 4. The molecule has 19 heavy (non-hydrogen) atoms. The zero-order valence-corrected chi connectivity index (χ0v) is 12.2. The summed E-state index contributed by atoms with van der Waals surface area (Å²) in [5.74, 6) is -0.694. The lowest BCUT2D eigenvalue weighted by Gasteiger charge is -2.28. The van der Waals surface area contributed by atoms with Crippen LogP contribution in [0.3, 0.4) is 0 Å². The molecule has 1 aliphatic heterocycles. The highest BCUT2D eigenvalue weighted by Crippen LogP contribution is 2.37. The van der Waals surface area contributed by atoms with E-state index in [4.69, 9.17) is 11.6 Å². The molecule has 3 nitrogen and oxygen atoms in total. The first-order valence-corrected chi connectivity index (χ1v) is 7.07. The maximum Gasteiger partial charge on any atom is 0.310 e. The van der Waals surface area contributed by atoms with Gasteiger partial charge in [0.1, 0.15) is 0 Å². The monoisotopic (exact) mass is 281 g/mol. The van der Waals surface area contributed by atoms with Crippen LogP contribution in [0, 0.1) is 5.41 Å². The summed E-state index contributed by atoms with van der Waals surface area (Å²) < 4.78 is 0. The number of likely N-dealkylation sites (tertiary alicyclic amines) is 1. The molecule has 104 valence electrons. The largest absolute Gasteiger partial charge is 0.481 e. The standard InChI is InChI=1S/C15H20ClNO2/c1-3-13(11-4-6-12(16)7-5-11)17-9-8-15(2,10-17)14(18)19/h4-7,13H,3,8-10H2,1-2H3,(H,18,19). The van der Waals surface area contributed by atoms with Crippen molar-refractivity contribution < 1.29 is 9.90 Å². The van der Waals surface area contributed by atoms with E-state index >= 15 is 0 Å². The van der Waals surface area contributed by atoms with Crippen LogP contribution >= 0.6 is 11.6 Å². The lowest BCUT2D eigenvalue weighted by Crippen LogP contribution is -2.33. The first kappa shape index (κ1) is 14.4. The Hall–Kier alpha value is -1.06. The predicted molar refractivity (Wildman–Crippen MR) is 76.4 cm³/mol. The van der Waals surface area contributed by atoms with Crippen molar-refractivity contribution in [1.29, 1.82) is 0 Å². The molecule has 0 bridgehead atoms. The third-order valence-corrected chi connectivity index (χ3v) is 4.35. The van der Waals surface area contributed by atoms with Crippen molar-refractivity contribution in [2.75, 3.05) is 13.1 Å². The maximum absolute atomic E-state index is 11.3. The van der Waals surface area contributed by atoms with E-state index in [2.05, 4.69) is 11.8 Å². The first-order chi connectivity index (χ1) is 8.96. The van der Waals surface area contributed by atoms with Crippen molar-refractivity contribution in [2.24, 2.45) is 5.41 Å². The number of aliphatic carboxylic acids is 1. The molecule has 1 aromatic carbocycles. The minimum atomic E-state index is -0.694. The van der Waals surface area contributed by atoms with Gasteiger partial charge < -0.3 is 5.11 Å². The first-order valence-electron chi connectivity index (χ1n) is 6.69. The Kier molecular flexibility index (Phi) is 4.16. The van der Waals surface area contributed by atoms with Crippen LogP contribution in [0.4, 0.5) is 0 Å². The van der Waals surface area contributed by atoms with E-state index in [1.165, 1.54) is 5.56 Å². The maximum atomic E-state index is 11.3. The molecule has 0 amide bonds. The third-order valence-electron chi connectivity index (χ3n) is 4.10. The summed E-state index contributed by atoms with van der Waals surface area (Å²) in [6.45, 7) is 5.42. The Bertz CT molecular complexity index is 460. The minimum Gasteiger partial charge on any atom is -0.481 e. The van der Waals surface area contributed by atoms with Crippen molar-refractivity contribution in [1.82, 2.24) is 4.90 Å². The molecule has 1 aromatic rings. The van der Waals surface area contributed by atoms with Crippen molar-refractivity contribution in [3.05, 3.63) is 34.9 Å². The molecular formula is C15H20ClNO2. The molecule has 1 N–H and O–H groups in total. The molecule has 0 aliphatic carbocycles. The zero-order valence-electron chi connectivity index (χ0n) is 11.4. The fourth-order valence-electron chi connectivity index (χ4n) is 2.83. The van der Waals surface area contributed by atoms with Gasteiger partial charge in [-0.3, -0.25) is 9.69 Å². The van der Waals surface area contributed by atoms with Gasteiger partial charge in [-0.15, -0.1) is 0 Å². The quantitative estimate of drug-likeness (QED) is 0.917. The minimum absolute atomic E-state index is 0.276. The van der Waals surface area contributed by atoms with Crippen LogP contribution in [0.15, 0.2) is 24.3 Å². The number of halogens is 1. The van der Waals surface area contributed by atoms with Crippen LogP contribution in [0.5, 0.6) is 0 Å². The summed E-state index contributed by atoms with van der Waals surface area (Å²) >= 11 is 5.91. The topological polar surface area (TPSA) is 40.5 Å². The molecule has 1 saturated heterocycles. The van der Waals surface area contributed by atoms with Gasteiger partial charge in [-0.2, -0.15) is 0 Å². The van der Waals surface area contributed by atoms with Gasteiger partial charge in [0, 0.05) is 17.6 Å². The average Bonchev–Trinajstić information content (AvgIpc) is 2.77. The van der Waals surface area contributed by atoms with E-state index in [-0.39, 0.29) is 6.04 Å². The molecule has 1 aliphatic rings. The van der Waals surface area contributed by atoms with Gasteiger partial charge in [-0.25, -0.2) is 0 Å². The van der Waals surface area contributed by atoms with E-state index in [0.29, 0.717) is 13.0 Å². The number of nitrogens with zero attached hydrogens (tertiary/aromatic N) is 1. The van der Waals surface area contributed by atoms with Crippen LogP contribution in [0.1, 0.15) is 38.3 Å². The summed E-state index contributed by atoms with van der Waals surface area (Å²) in [5, 5.41) is 10.0.